The molecule has 6 heteroatoms. The van der Waals surface area contributed by atoms with Crippen LogP contribution in [-0.4, -0.2) is 16.1 Å². The molecule has 0 fully saturated rings. The molecule has 1 aromatic heterocycles. The Hall–Kier alpha value is -1.78. The summed E-state index contributed by atoms with van der Waals surface area (Å²) in [5, 5.41) is 13.2. The summed E-state index contributed by atoms with van der Waals surface area (Å²) in [4.78, 5) is 15.6. The van der Waals surface area contributed by atoms with Crippen LogP contribution in [0, 0.1) is 0 Å². The van der Waals surface area contributed by atoms with E-state index in [-0.39, 0.29) is 5.56 Å². The van der Waals surface area contributed by atoms with Gasteiger partial charge in [-0.2, -0.15) is 0 Å². The predicted octanol–water partition coefficient (Wildman–Crippen LogP) is 4.78. The number of pyridine rings is 1. The molecular formula is C15H14Cl2N2O2. The molecule has 0 unspecified atom stereocenters. The number of carboxylic acid groups (broad SMARTS) is 1. The summed E-state index contributed by atoms with van der Waals surface area (Å²) in [6.07, 6.45) is 1.60. The van der Waals surface area contributed by atoms with Crippen LogP contribution in [0.15, 0.2) is 30.3 Å². The van der Waals surface area contributed by atoms with Gasteiger partial charge in [-0.25, -0.2) is 9.78 Å². The quantitative estimate of drug-likeness (QED) is 0.830. The average Bonchev–Trinajstić information content (AvgIpc) is 2.37. The van der Waals surface area contributed by atoms with E-state index in [1.54, 1.807) is 24.3 Å². The number of aryl methyl sites for hydroxylation is 1. The van der Waals surface area contributed by atoms with Gasteiger partial charge in [-0.3, -0.25) is 0 Å². The third-order valence-corrected chi connectivity index (χ3v) is 3.20. The lowest BCUT2D eigenvalue weighted by Crippen LogP contribution is -2.03. The Morgan fingerprint density at radius 2 is 1.86 bits per heavy atom. The SMILES string of the molecule is CCCc1cc(C(=O)O)cc(Nc2cc(Cl)cc(Cl)c2)n1. The molecule has 0 atom stereocenters. The average molecular weight is 325 g/mol. The first-order chi connectivity index (χ1) is 9.97. The Labute approximate surface area is 132 Å². The van der Waals surface area contributed by atoms with Crippen LogP contribution >= 0.6 is 23.2 Å². The van der Waals surface area contributed by atoms with E-state index in [0.29, 0.717) is 28.0 Å². The standard InChI is InChI=1S/C15H14Cl2N2O2/c1-2-3-12-4-9(15(20)21)5-14(18-12)19-13-7-10(16)6-11(17)8-13/h4-8H,2-3H2,1H3,(H,18,19)(H,20,21). The van der Waals surface area contributed by atoms with Gasteiger partial charge in [-0.1, -0.05) is 36.5 Å². The lowest BCUT2D eigenvalue weighted by atomic mass is 10.1. The molecule has 4 nitrogen and oxygen atoms in total. The molecule has 2 aromatic rings. The fraction of sp³-hybridized carbons (Fsp3) is 0.200. The Balaban J connectivity index is 2.35. The summed E-state index contributed by atoms with van der Waals surface area (Å²) in [7, 11) is 0. The first-order valence-electron chi connectivity index (χ1n) is 6.45. The van der Waals surface area contributed by atoms with E-state index in [4.69, 9.17) is 28.3 Å². The van der Waals surface area contributed by atoms with E-state index >= 15 is 0 Å². The number of carboxylic acids is 1. The van der Waals surface area contributed by atoms with Crippen molar-refractivity contribution in [3.63, 3.8) is 0 Å². The van der Waals surface area contributed by atoms with Crippen molar-refractivity contribution in [3.8, 4) is 0 Å². The molecular weight excluding hydrogens is 311 g/mol. The Morgan fingerprint density at radius 1 is 1.19 bits per heavy atom. The number of anilines is 2. The maximum Gasteiger partial charge on any atom is 0.335 e. The number of hydrogen-bond acceptors (Lipinski definition) is 3. The molecule has 0 aliphatic heterocycles. The number of aromatic nitrogens is 1. The number of carbonyl (C=O) groups is 1. The monoisotopic (exact) mass is 324 g/mol. The topological polar surface area (TPSA) is 62.2 Å². The fourth-order valence-corrected chi connectivity index (χ4v) is 2.46. The number of rotatable bonds is 5. The van der Waals surface area contributed by atoms with Crippen molar-refractivity contribution in [2.24, 2.45) is 0 Å². The number of aromatic carboxylic acids is 1. The van der Waals surface area contributed by atoms with Gasteiger partial charge in [0.25, 0.3) is 0 Å². The summed E-state index contributed by atoms with van der Waals surface area (Å²) < 4.78 is 0. The van der Waals surface area contributed by atoms with Crippen LogP contribution in [0.3, 0.4) is 0 Å². The molecule has 2 rings (SSSR count). The number of nitrogens with zero attached hydrogens (tertiary/aromatic N) is 1. The highest BCUT2D eigenvalue weighted by Gasteiger charge is 2.09. The molecule has 0 bridgehead atoms. The van der Waals surface area contributed by atoms with Gasteiger partial charge >= 0.3 is 5.97 Å². The van der Waals surface area contributed by atoms with Crippen LogP contribution in [0.4, 0.5) is 11.5 Å². The Bertz CT molecular complexity index is 654. The zero-order valence-electron chi connectivity index (χ0n) is 11.4. The first kappa shape index (κ1) is 15.6. The van der Waals surface area contributed by atoms with E-state index in [0.717, 1.165) is 12.1 Å². The van der Waals surface area contributed by atoms with Crippen molar-refractivity contribution in [3.05, 3.63) is 51.6 Å². The van der Waals surface area contributed by atoms with Gasteiger partial charge in [0.05, 0.1) is 5.56 Å². The highest BCUT2D eigenvalue weighted by Crippen LogP contribution is 2.25. The van der Waals surface area contributed by atoms with Crippen LogP contribution in [0.25, 0.3) is 0 Å². The molecule has 1 aromatic carbocycles. The molecule has 110 valence electrons. The molecule has 0 amide bonds. The maximum atomic E-state index is 11.2. The third kappa shape index (κ3) is 4.34. The van der Waals surface area contributed by atoms with Crippen molar-refractivity contribution in [2.75, 3.05) is 5.32 Å². The lowest BCUT2D eigenvalue weighted by molar-refractivity contribution is 0.0696. The minimum absolute atomic E-state index is 0.198. The molecule has 0 radical (unpaired) electrons. The largest absolute Gasteiger partial charge is 0.478 e. The Morgan fingerprint density at radius 3 is 2.43 bits per heavy atom. The second-order valence-corrected chi connectivity index (χ2v) is 5.44. The van der Waals surface area contributed by atoms with E-state index in [2.05, 4.69) is 10.3 Å². The second-order valence-electron chi connectivity index (χ2n) is 4.57. The first-order valence-corrected chi connectivity index (χ1v) is 7.21. The van der Waals surface area contributed by atoms with Crippen molar-refractivity contribution in [1.29, 1.82) is 0 Å². The van der Waals surface area contributed by atoms with Crippen LogP contribution in [0.1, 0.15) is 29.4 Å². The van der Waals surface area contributed by atoms with Crippen LogP contribution in [0.5, 0.6) is 0 Å². The molecule has 0 aliphatic carbocycles. The predicted molar refractivity (Wildman–Crippen MR) is 84.9 cm³/mol. The van der Waals surface area contributed by atoms with Crippen LogP contribution in [-0.2, 0) is 6.42 Å². The van der Waals surface area contributed by atoms with E-state index in [9.17, 15) is 4.79 Å². The van der Waals surface area contributed by atoms with Gasteiger partial charge < -0.3 is 10.4 Å². The summed E-state index contributed by atoms with van der Waals surface area (Å²) in [5.41, 5.74) is 1.59. The molecule has 2 N–H and O–H groups in total. The van der Waals surface area contributed by atoms with Crippen molar-refractivity contribution < 1.29 is 9.90 Å². The van der Waals surface area contributed by atoms with Gasteiger partial charge in [0.1, 0.15) is 5.82 Å². The summed E-state index contributed by atoms with van der Waals surface area (Å²) in [5.74, 6) is -0.529. The molecule has 0 aliphatic rings. The highest BCUT2D eigenvalue weighted by atomic mass is 35.5. The number of halogens is 2. The smallest absolute Gasteiger partial charge is 0.335 e. The van der Waals surface area contributed by atoms with E-state index in [1.807, 2.05) is 6.92 Å². The van der Waals surface area contributed by atoms with Crippen molar-refractivity contribution in [1.82, 2.24) is 4.98 Å². The number of nitrogens with one attached hydrogen (secondary N) is 1. The third-order valence-electron chi connectivity index (χ3n) is 2.77. The maximum absolute atomic E-state index is 11.2. The highest BCUT2D eigenvalue weighted by molar-refractivity contribution is 6.35. The van der Waals surface area contributed by atoms with Gasteiger partial charge in [-0.05, 0) is 36.8 Å². The fourth-order valence-electron chi connectivity index (χ4n) is 1.93. The molecule has 1 heterocycles. The van der Waals surface area contributed by atoms with E-state index < -0.39 is 5.97 Å². The zero-order valence-corrected chi connectivity index (χ0v) is 12.9. The van der Waals surface area contributed by atoms with Gasteiger partial charge in [0, 0.05) is 21.4 Å². The zero-order chi connectivity index (χ0) is 15.4. The lowest BCUT2D eigenvalue weighted by Gasteiger charge is -2.10. The summed E-state index contributed by atoms with van der Waals surface area (Å²) >= 11 is 11.9. The summed E-state index contributed by atoms with van der Waals surface area (Å²) in [6, 6.07) is 8.08. The van der Waals surface area contributed by atoms with Crippen LogP contribution < -0.4 is 5.32 Å². The molecule has 0 spiro atoms. The second kappa shape index (κ2) is 6.78. The minimum atomic E-state index is -0.984. The number of hydrogen-bond donors (Lipinski definition) is 2. The Kier molecular flexibility index (Phi) is 5.04. The number of benzene rings is 1. The van der Waals surface area contributed by atoms with Gasteiger partial charge in [0.2, 0.25) is 0 Å². The van der Waals surface area contributed by atoms with Crippen molar-refractivity contribution in [2.45, 2.75) is 19.8 Å². The van der Waals surface area contributed by atoms with Gasteiger partial charge in [0.15, 0.2) is 0 Å². The summed E-state index contributed by atoms with van der Waals surface area (Å²) in [6.45, 7) is 2.01. The molecule has 0 saturated carbocycles. The van der Waals surface area contributed by atoms with Gasteiger partial charge in [-0.15, -0.1) is 0 Å². The normalized spacial score (nSPS) is 10.4. The van der Waals surface area contributed by atoms with Crippen molar-refractivity contribution >= 4 is 40.7 Å². The molecule has 21 heavy (non-hydrogen) atoms. The van der Waals surface area contributed by atoms with Crippen LogP contribution in [0.2, 0.25) is 10.0 Å². The molecule has 0 saturated heterocycles. The van der Waals surface area contributed by atoms with E-state index in [1.165, 1.54) is 6.07 Å². The minimum Gasteiger partial charge on any atom is -0.478 e.